The number of piperidine rings is 4. The van der Waals surface area contributed by atoms with E-state index >= 15 is 0 Å². The van der Waals surface area contributed by atoms with Gasteiger partial charge in [-0.05, 0) is 397 Å². The number of Topliss-reactive ketones (excluding diaryl/α,β-unsaturated/α-hetero) is 1. The second kappa shape index (κ2) is 78.8. The third kappa shape index (κ3) is 75.9. The second-order valence-electron chi connectivity index (χ2n) is 46.6. The highest BCUT2D eigenvalue weighted by molar-refractivity contribution is 5.78. The predicted octanol–water partition coefficient (Wildman–Crippen LogP) is 24.1. The standard InChI is InChI=1S/C12H26N2.C12H23NO.C12H24.C11H22N2O.C11H21N.C11H23N.C10H22N2.C10H21N.C9H21N.C7H17N.C6H15N/c1-11(2)5-8-14-9-6-12(7-10-14)13(3)4;1-10(2)4-7-13-8-5-12(6-9-13)11(3)14;1-10(2)4-7-12-8-5-11(3)6-9-12;1-10(2)4-5-12-6-8-13(9-7-12)11(3)14;1-10(2)4-7-12-8-11(9-12)5-3-6-11;1-10(2)4-7-12-8-5-11(3)6-9-12;1-10(2)4-5-12-8-6-11(3)7-9-12;1-10(2)6-9-11-7-4-3-5-8-11;1-5-10(6-2)8-7-9(3)4;1-7(2)5-6-8(3)4;1-6(2)4-5-7-3/h11-12H,5-10H2,1-4H3;10,12H,4-9H2,1-3H3;10-12H,4-9H2,1-3H3;10H,4-9H2,1-3H3;10H,3-9H2,1-2H3;10-11H,4-9H2,1-3H3;10H,4-9H2,1-3H3;10H,3-9H2,1-2H3;9H,5-8H2,1-4H3;7H,5-6H2,1-4H3;6-7H,4-5H2,1-3H3. The van der Waals surface area contributed by atoms with E-state index in [1.54, 1.807) is 13.8 Å². The molecule has 1 amide bonds. The van der Waals surface area contributed by atoms with Crippen LogP contribution in [0.2, 0.25) is 0 Å². The molecule has 7 saturated heterocycles. The molecule has 15 heteroatoms. The lowest BCUT2D eigenvalue weighted by molar-refractivity contribution is -0.130. The van der Waals surface area contributed by atoms with Crippen LogP contribution < -0.4 is 5.32 Å². The van der Waals surface area contributed by atoms with Crippen LogP contribution in [0.3, 0.4) is 0 Å². The van der Waals surface area contributed by atoms with Crippen LogP contribution in [0.4, 0.5) is 0 Å². The van der Waals surface area contributed by atoms with E-state index in [-0.39, 0.29) is 5.91 Å². The Morgan fingerprint density at radius 1 is 0.357 bits per heavy atom. The lowest BCUT2D eigenvalue weighted by Gasteiger charge is -2.56. The average Bonchev–Trinajstić information content (AvgIpc) is 0.763. The number of likely N-dealkylation sites (N-methyl/N-ethyl adjacent to an activating group) is 1. The van der Waals surface area contributed by atoms with Crippen LogP contribution in [0, 0.1) is 94.2 Å². The lowest BCUT2D eigenvalue weighted by atomic mass is 9.63. The van der Waals surface area contributed by atoms with E-state index in [4.69, 9.17) is 0 Å². The summed E-state index contributed by atoms with van der Waals surface area (Å²) in [5, 5.41) is 3.10. The Morgan fingerprint density at radius 3 is 0.984 bits per heavy atom. The van der Waals surface area contributed by atoms with Crippen LogP contribution in [0.1, 0.15) is 374 Å². The Kier molecular flexibility index (Phi) is 79.2. The molecular formula is C111H235N13O2. The summed E-state index contributed by atoms with van der Waals surface area (Å²) in [5.41, 5.74) is 0.830. The van der Waals surface area contributed by atoms with Crippen molar-refractivity contribution in [1.82, 2.24) is 64.1 Å². The smallest absolute Gasteiger partial charge is 0.219 e. The van der Waals surface area contributed by atoms with Gasteiger partial charge in [0, 0.05) is 84.3 Å². The molecule has 15 nitrogen and oxygen atoms in total. The SMILES string of the molecule is CC(=O)C1CCN(CCC(C)C)CC1.CC(=O)N1CCN(CCC(C)C)CC1.CC(C)CCC1CCC(C)CC1.CC(C)CCN(C)C.CC(C)CCN1CC2(CCC2)C1.CC(C)CCN1CCC(C)CC1.CC(C)CCN1CCC(N(C)C)CC1.CC(C)CCN1CCCCC1.CC(C)CCN1CCN(C)CC1.CCN(CC)CCC(C)C.CNCCC(C)C. The van der Waals surface area contributed by atoms with Crippen molar-refractivity contribution in [3.05, 3.63) is 0 Å². The molecule has 0 aromatic rings. The molecule has 756 valence electrons. The van der Waals surface area contributed by atoms with Crippen molar-refractivity contribution in [1.29, 1.82) is 0 Å². The van der Waals surface area contributed by atoms with E-state index in [1.165, 1.54) is 317 Å². The maximum absolute atomic E-state index is 11.2. The molecule has 0 radical (unpaired) electrons. The molecule has 0 unspecified atom stereocenters. The van der Waals surface area contributed by atoms with Gasteiger partial charge in [0.05, 0.1) is 0 Å². The minimum absolute atomic E-state index is 0.216. The molecule has 126 heavy (non-hydrogen) atoms. The van der Waals surface area contributed by atoms with Crippen molar-refractivity contribution in [2.24, 2.45) is 94.2 Å². The van der Waals surface area contributed by atoms with Crippen LogP contribution in [-0.4, -0.2) is 315 Å². The fourth-order valence-corrected chi connectivity index (χ4v) is 17.3. The number of likely N-dealkylation sites (tertiary alicyclic amines) is 5. The number of ketones is 1. The Morgan fingerprint density at radius 2 is 0.683 bits per heavy atom. The molecular weight excluding hydrogens is 1550 g/mol. The summed E-state index contributed by atoms with van der Waals surface area (Å²) in [6.07, 6.45) is 38.8. The summed E-state index contributed by atoms with van der Waals surface area (Å²) in [7, 11) is 12.8. The summed E-state index contributed by atoms with van der Waals surface area (Å²) in [6, 6.07) is 0.824. The number of rotatable bonds is 37. The first-order chi connectivity index (χ1) is 59.4. The van der Waals surface area contributed by atoms with Gasteiger partial charge in [0.15, 0.2) is 0 Å². The zero-order valence-corrected chi connectivity index (χ0v) is 92.4. The average molecular weight is 1780 g/mol. The first-order valence-corrected chi connectivity index (χ1v) is 54.6. The fourth-order valence-electron chi connectivity index (χ4n) is 17.3. The van der Waals surface area contributed by atoms with E-state index in [2.05, 4.69) is 274 Å². The van der Waals surface area contributed by atoms with Crippen molar-refractivity contribution in [3.63, 3.8) is 0 Å². The summed E-state index contributed by atoms with van der Waals surface area (Å²) >= 11 is 0. The van der Waals surface area contributed by atoms with Crippen molar-refractivity contribution >= 4 is 11.7 Å². The number of carbonyl (C=O) groups is 2. The van der Waals surface area contributed by atoms with Crippen molar-refractivity contribution in [2.45, 2.75) is 380 Å². The molecule has 7 heterocycles. The number of hydrogen-bond acceptors (Lipinski definition) is 14. The van der Waals surface area contributed by atoms with Gasteiger partial charge in [0.25, 0.3) is 0 Å². The Hall–Kier alpha value is -1.34. The maximum Gasteiger partial charge on any atom is 0.219 e. The molecule has 2 saturated carbocycles. The van der Waals surface area contributed by atoms with Gasteiger partial charge in [-0.2, -0.15) is 0 Å². The van der Waals surface area contributed by atoms with E-state index in [1.807, 2.05) is 11.9 Å². The van der Waals surface area contributed by atoms with Gasteiger partial charge in [-0.15, -0.1) is 0 Å². The van der Waals surface area contributed by atoms with Crippen LogP contribution in [-0.2, 0) is 9.59 Å². The molecule has 9 aliphatic rings. The van der Waals surface area contributed by atoms with Crippen LogP contribution in [0.15, 0.2) is 0 Å². The van der Waals surface area contributed by atoms with E-state index in [0.717, 1.165) is 153 Å². The lowest BCUT2D eigenvalue weighted by Crippen LogP contribution is -2.59. The zero-order valence-electron chi connectivity index (χ0n) is 92.4. The summed E-state index contributed by atoms with van der Waals surface area (Å²) in [5.74, 6) is 13.3. The van der Waals surface area contributed by atoms with Crippen LogP contribution in [0.25, 0.3) is 0 Å². The highest BCUT2D eigenvalue weighted by Gasteiger charge is 2.46. The topological polar surface area (TPSA) is 85.1 Å². The molecule has 0 atom stereocenters. The van der Waals surface area contributed by atoms with Gasteiger partial charge < -0.3 is 59.2 Å². The third-order valence-corrected chi connectivity index (χ3v) is 28.2. The van der Waals surface area contributed by atoms with Crippen LogP contribution in [0.5, 0.6) is 0 Å². The minimum Gasteiger partial charge on any atom is -0.340 e. The van der Waals surface area contributed by atoms with E-state index in [0.29, 0.717) is 11.7 Å². The Balaban J connectivity index is 0. The van der Waals surface area contributed by atoms with Gasteiger partial charge in [-0.25, -0.2) is 0 Å². The molecule has 0 aromatic carbocycles. The molecule has 0 bridgehead atoms. The predicted molar refractivity (Wildman–Crippen MR) is 563 cm³/mol. The summed E-state index contributed by atoms with van der Waals surface area (Å²) in [4.78, 5) is 51.7. The largest absolute Gasteiger partial charge is 0.340 e. The highest BCUT2D eigenvalue weighted by Crippen LogP contribution is 2.48. The number of hydrogen-bond donors (Lipinski definition) is 1. The second-order valence-corrected chi connectivity index (χ2v) is 46.6. The van der Waals surface area contributed by atoms with Crippen LogP contribution >= 0.6 is 0 Å². The first-order valence-electron chi connectivity index (χ1n) is 54.6. The molecule has 2 aliphatic carbocycles. The monoisotopic (exact) mass is 1780 g/mol. The highest BCUT2D eigenvalue weighted by atomic mass is 16.2. The van der Waals surface area contributed by atoms with Crippen molar-refractivity contribution in [2.75, 3.05) is 239 Å². The number of carbonyl (C=O) groups excluding carboxylic acids is 2. The van der Waals surface area contributed by atoms with Gasteiger partial charge in [0.1, 0.15) is 5.78 Å². The number of amides is 1. The van der Waals surface area contributed by atoms with Gasteiger partial charge in [-0.1, -0.05) is 231 Å². The van der Waals surface area contributed by atoms with Gasteiger partial charge >= 0.3 is 0 Å². The third-order valence-electron chi connectivity index (χ3n) is 28.2. The molecule has 1 N–H and O–H groups in total. The Labute approximate surface area is 793 Å². The normalized spacial score (nSPS) is 20.5. The maximum atomic E-state index is 11.2. The fraction of sp³-hybridized carbons (Fsp3) is 0.982. The summed E-state index contributed by atoms with van der Waals surface area (Å²) < 4.78 is 0. The van der Waals surface area contributed by atoms with Gasteiger partial charge in [-0.3, -0.25) is 14.5 Å². The minimum atomic E-state index is 0.216. The Bertz CT molecular complexity index is 2210. The summed E-state index contributed by atoms with van der Waals surface area (Å²) in [6.45, 7) is 100. The van der Waals surface area contributed by atoms with Crippen molar-refractivity contribution < 1.29 is 9.59 Å². The zero-order chi connectivity index (χ0) is 95.5. The molecule has 9 rings (SSSR count). The van der Waals surface area contributed by atoms with E-state index < -0.39 is 0 Å². The quantitative estimate of drug-likeness (QED) is 0.0641. The number of nitrogens with zero attached hydrogens (tertiary/aromatic N) is 12. The molecule has 7 aliphatic heterocycles. The molecule has 9 fully saturated rings. The number of nitrogens with one attached hydrogen (secondary N) is 1. The first kappa shape index (κ1) is 127. The van der Waals surface area contributed by atoms with E-state index in [9.17, 15) is 9.59 Å². The molecule has 0 aromatic heterocycles. The number of piperazine rings is 2. The van der Waals surface area contributed by atoms with Crippen molar-refractivity contribution in [3.8, 4) is 0 Å². The van der Waals surface area contributed by atoms with Gasteiger partial charge in [0.2, 0.25) is 5.91 Å². The molecule has 1 spiro atoms.